The van der Waals surface area contributed by atoms with Crippen molar-refractivity contribution in [1.29, 1.82) is 0 Å². The maximum Gasteiger partial charge on any atom is 0.201 e. The Morgan fingerprint density at radius 1 is 0.529 bits per heavy atom. The van der Waals surface area contributed by atoms with E-state index in [2.05, 4.69) is 10.2 Å². The van der Waals surface area contributed by atoms with Crippen molar-refractivity contribution < 1.29 is 23.7 Å². The first-order chi connectivity index (χ1) is 16.8. The molecule has 9 nitrogen and oxygen atoms in total. The molecule has 1 fully saturated rings. The first kappa shape index (κ1) is 25.9. The van der Waals surface area contributed by atoms with Crippen LogP contribution < -0.4 is 10.3 Å². The molecule has 1 aliphatic heterocycles. The van der Waals surface area contributed by atoms with Crippen molar-refractivity contribution in [2.45, 2.75) is 0 Å². The molecule has 2 aromatic carbocycles. The number of azo groups is 1. The van der Waals surface area contributed by atoms with Crippen LogP contribution in [-0.2, 0) is 23.7 Å². The van der Waals surface area contributed by atoms with Crippen LogP contribution in [0.3, 0.4) is 0 Å². The number of nitrogens with zero attached hydrogens (tertiary/aromatic N) is 3. The predicted octanol–water partition coefficient (Wildman–Crippen LogP) is 3.37. The summed E-state index contributed by atoms with van der Waals surface area (Å²) in [5.41, 5.74) is 1.81. The third kappa shape index (κ3) is 10.1. The molecule has 184 valence electrons. The van der Waals surface area contributed by atoms with Crippen molar-refractivity contribution in [3.63, 3.8) is 0 Å². The Balaban J connectivity index is 1.64. The van der Waals surface area contributed by atoms with Crippen molar-refractivity contribution in [1.82, 2.24) is 0 Å². The molecule has 34 heavy (non-hydrogen) atoms. The van der Waals surface area contributed by atoms with Crippen LogP contribution >= 0.6 is 0 Å². The Bertz CT molecular complexity index is 895. The highest BCUT2D eigenvalue weighted by atomic mass is 16.6. The normalized spacial score (nSPS) is 18.3. The zero-order valence-corrected chi connectivity index (χ0v) is 19.5. The molecule has 0 N–H and O–H groups in total. The van der Waals surface area contributed by atoms with Gasteiger partial charge in [-0.15, -0.1) is 0 Å². The highest BCUT2D eigenvalue weighted by Crippen LogP contribution is 2.18. The van der Waals surface area contributed by atoms with Crippen LogP contribution in [0.25, 0.3) is 0 Å². The van der Waals surface area contributed by atoms with E-state index in [-0.39, 0.29) is 5.43 Å². The fraction of sp³-hybridized carbons (Fsp3) is 0.480. The van der Waals surface area contributed by atoms with Crippen LogP contribution in [0, 0.1) is 0 Å². The van der Waals surface area contributed by atoms with E-state index in [1.807, 2.05) is 35.2 Å². The molecule has 0 saturated carbocycles. The summed E-state index contributed by atoms with van der Waals surface area (Å²) in [7, 11) is 0. The average molecular weight is 472 g/mol. The van der Waals surface area contributed by atoms with E-state index in [1.54, 1.807) is 18.2 Å². The van der Waals surface area contributed by atoms with Gasteiger partial charge in [-0.25, -0.2) is 0 Å². The fourth-order valence-corrected chi connectivity index (χ4v) is 3.17. The van der Waals surface area contributed by atoms with Gasteiger partial charge in [0.1, 0.15) is 0 Å². The van der Waals surface area contributed by atoms with Gasteiger partial charge in [-0.2, -0.15) is 10.2 Å². The smallest absolute Gasteiger partial charge is 0.201 e. The molecule has 0 spiro atoms. The monoisotopic (exact) mass is 471 g/mol. The van der Waals surface area contributed by atoms with Gasteiger partial charge in [0.25, 0.3) is 0 Å². The Morgan fingerprint density at radius 2 is 0.971 bits per heavy atom. The topological polar surface area (TPSA) is 91.2 Å². The predicted molar refractivity (Wildman–Crippen MR) is 130 cm³/mol. The maximum absolute atomic E-state index is 12.8. The van der Waals surface area contributed by atoms with E-state index in [1.165, 1.54) is 6.07 Å². The molecule has 0 unspecified atom stereocenters. The van der Waals surface area contributed by atoms with Gasteiger partial charge in [-0.3, -0.25) is 4.79 Å². The molecule has 0 atom stereocenters. The second-order valence-electron chi connectivity index (χ2n) is 7.43. The van der Waals surface area contributed by atoms with Gasteiger partial charge in [0.15, 0.2) is 0 Å². The minimum atomic E-state index is -0.102. The third-order valence-corrected chi connectivity index (χ3v) is 4.95. The molecule has 0 amide bonds. The number of benzene rings is 1. The van der Waals surface area contributed by atoms with Gasteiger partial charge in [0.2, 0.25) is 5.43 Å². The summed E-state index contributed by atoms with van der Waals surface area (Å²) in [4.78, 5) is 14.8. The van der Waals surface area contributed by atoms with Gasteiger partial charge in [0.05, 0.1) is 83.1 Å². The minimum Gasteiger partial charge on any atom is -0.377 e. The lowest BCUT2D eigenvalue weighted by Gasteiger charge is -2.23. The Hall–Kier alpha value is -2.69. The number of anilines is 1. The molecule has 3 rings (SSSR count). The molecule has 0 aromatic heterocycles. The Labute approximate surface area is 200 Å². The molecular weight excluding hydrogens is 438 g/mol. The zero-order valence-electron chi connectivity index (χ0n) is 19.5. The van der Waals surface area contributed by atoms with E-state index in [9.17, 15) is 4.79 Å². The van der Waals surface area contributed by atoms with Gasteiger partial charge in [-0.1, -0.05) is 18.2 Å². The molecule has 1 saturated heterocycles. The highest BCUT2D eigenvalue weighted by Gasteiger charge is 2.10. The van der Waals surface area contributed by atoms with E-state index in [0.717, 1.165) is 5.69 Å². The van der Waals surface area contributed by atoms with Crippen LogP contribution in [0.1, 0.15) is 0 Å². The molecule has 0 aliphatic carbocycles. The van der Waals surface area contributed by atoms with Crippen LogP contribution in [-0.4, -0.2) is 79.2 Å². The molecule has 0 bridgehead atoms. The lowest BCUT2D eigenvalue weighted by Crippen LogP contribution is -2.34. The first-order valence-electron chi connectivity index (χ1n) is 11.6. The van der Waals surface area contributed by atoms with Crippen LogP contribution in [0.5, 0.6) is 0 Å². The largest absolute Gasteiger partial charge is 0.377 e. The zero-order chi connectivity index (χ0) is 23.7. The fourth-order valence-electron chi connectivity index (χ4n) is 3.17. The summed E-state index contributed by atoms with van der Waals surface area (Å²) in [5, 5.41) is 8.49. The minimum absolute atomic E-state index is 0.102. The van der Waals surface area contributed by atoms with Gasteiger partial charge in [-0.05, 0) is 36.4 Å². The average Bonchev–Trinajstić information content (AvgIpc) is 3.04. The number of hydrogen-bond donors (Lipinski definition) is 0. The molecule has 1 heterocycles. The molecular formula is C25H33N3O6. The highest BCUT2D eigenvalue weighted by molar-refractivity contribution is 5.50. The first-order valence-corrected chi connectivity index (χ1v) is 11.6. The third-order valence-electron chi connectivity index (χ3n) is 4.95. The second-order valence-corrected chi connectivity index (χ2v) is 7.43. The summed E-state index contributed by atoms with van der Waals surface area (Å²) < 4.78 is 27.8. The van der Waals surface area contributed by atoms with E-state index >= 15 is 0 Å². The Kier molecular flexibility index (Phi) is 12.2. The molecule has 1 aliphatic rings. The summed E-state index contributed by atoms with van der Waals surface area (Å²) in [6.45, 7) is 6.03. The van der Waals surface area contributed by atoms with Crippen molar-refractivity contribution in [3.05, 3.63) is 64.8 Å². The summed E-state index contributed by atoms with van der Waals surface area (Å²) in [6, 6.07) is 16.2. The van der Waals surface area contributed by atoms with Gasteiger partial charge >= 0.3 is 0 Å². The lowest BCUT2D eigenvalue weighted by atomic mass is 10.3. The standard InChI is InChI=1S/C25H33N3O6/c29-25-9-7-23(27-26-22-4-2-1-3-5-22)6-8-24(25)28-10-12-30-14-16-32-18-20-34-21-19-33-17-15-31-13-11-28/h1-9H,10-21H2. The molecule has 0 radical (unpaired) electrons. The number of hydrogen-bond acceptors (Lipinski definition) is 9. The Morgan fingerprint density at radius 3 is 1.50 bits per heavy atom. The van der Waals surface area contributed by atoms with Crippen molar-refractivity contribution in [2.75, 3.05) is 84.1 Å². The summed E-state index contributed by atoms with van der Waals surface area (Å²) in [5.74, 6) is 0. The van der Waals surface area contributed by atoms with Crippen molar-refractivity contribution in [3.8, 4) is 0 Å². The van der Waals surface area contributed by atoms with E-state index < -0.39 is 0 Å². The van der Waals surface area contributed by atoms with Crippen LogP contribution in [0.15, 0.2) is 69.6 Å². The van der Waals surface area contributed by atoms with E-state index in [0.29, 0.717) is 90.5 Å². The van der Waals surface area contributed by atoms with E-state index in [4.69, 9.17) is 23.7 Å². The number of ether oxygens (including phenoxy) is 5. The number of rotatable bonds is 3. The summed E-state index contributed by atoms with van der Waals surface area (Å²) >= 11 is 0. The van der Waals surface area contributed by atoms with Gasteiger partial charge < -0.3 is 28.6 Å². The van der Waals surface area contributed by atoms with Crippen LogP contribution in [0.4, 0.5) is 17.1 Å². The van der Waals surface area contributed by atoms with Gasteiger partial charge in [0, 0.05) is 13.1 Å². The SMILES string of the molecule is O=c1ccc(N=Nc2ccccc2)ccc1N1CCOCCOCCOCCOCCOCC1. The van der Waals surface area contributed by atoms with Crippen molar-refractivity contribution in [2.24, 2.45) is 10.2 Å². The van der Waals surface area contributed by atoms with Crippen LogP contribution in [0.2, 0.25) is 0 Å². The molecule has 9 heteroatoms. The lowest BCUT2D eigenvalue weighted by molar-refractivity contribution is -0.0116. The van der Waals surface area contributed by atoms with Crippen molar-refractivity contribution >= 4 is 17.1 Å². The molecule has 2 aromatic rings. The second kappa shape index (κ2) is 16.0. The summed E-state index contributed by atoms with van der Waals surface area (Å²) in [6.07, 6.45) is 0. The quantitative estimate of drug-likeness (QED) is 0.634. The maximum atomic E-state index is 12.8.